The normalized spacial score (nSPS) is 20.3. The van der Waals surface area contributed by atoms with Crippen LogP contribution in [0, 0.1) is 0 Å². The standard InChI is InChI=1S/C25H28F3N7O2/c1-32(19-5-8-34(9-6-19)24-30-13-18(14-31-24)25(26,27)28)23(37)21-15-35(21)11-10-33-7-4-16-2-3-17(22(29)36)12-20(16)33/h2-4,7,12-14,19,21H,5-6,8-11,15H2,1H3,(H2,29,36). The molecule has 4 heterocycles. The molecular weight excluding hydrogens is 487 g/mol. The third kappa shape index (κ3) is 5.24. The lowest BCUT2D eigenvalue weighted by molar-refractivity contribution is -0.138. The molecule has 0 radical (unpaired) electrons. The van der Waals surface area contributed by atoms with Gasteiger partial charge in [0.2, 0.25) is 17.8 Å². The number of carbonyl (C=O) groups is 2. The highest BCUT2D eigenvalue weighted by Gasteiger charge is 2.43. The van der Waals surface area contributed by atoms with Gasteiger partial charge in [0.25, 0.3) is 0 Å². The number of primary amides is 1. The van der Waals surface area contributed by atoms with Crippen molar-refractivity contribution in [2.45, 2.75) is 37.6 Å². The molecule has 0 spiro atoms. The van der Waals surface area contributed by atoms with Gasteiger partial charge >= 0.3 is 6.18 Å². The van der Waals surface area contributed by atoms with E-state index < -0.39 is 17.6 Å². The van der Waals surface area contributed by atoms with E-state index in [-0.39, 0.29) is 23.9 Å². The van der Waals surface area contributed by atoms with Gasteiger partial charge in [-0.25, -0.2) is 9.97 Å². The molecule has 9 nitrogen and oxygen atoms in total. The third-order valence-corrected chi connectivity index (χ3v) is 7.29. The van der Waals surface area contributed by atoms with Gasteiger partial charge in [-0.15, -0.1) is 0 Å². The molecule has 2 aliphatic heterocycles. The number of fused-ring (bicyclic) bond motifs is 1. The van der Waals surface area contributed by atoms with Crippen LogP contribution in [0.2, 0.25) is 0 Å². The highest BCUT2D eigenvalue weighted by molar-refractivity contribution is 5.97. The second-order valence-electron chi connectivity index (χ2n) is 9.59. The summed E-state index contributed by atoms with van der Waals surface area (Å²) in [5.74, 6) is -0.112. The van der Waals surface area contributed by atoms with Gasteiger partial charge in [-0.2, -0.15) is 13.2 Å². The molecular formula is C25H28F3N7O2. The van der Waals surface area contributed by atoms with Crippen molar-refractivity contribution in [2.24, 2.45) is 5.73 Å². The van der Waals surface area contributed by atoms with Crippen LogP contribution < -0.4 is 10.6 Å². The molecule has 0 saturated carbocycles. The summed E-state index contributed by atoms with van der Waals surface area (Å²) in [5.41, 5.74) is 5.93. The number of nitrogens with zero attached hydrogens (tertiary/aromatic N) is 6. The Morgan fingerprint density at radius 2 is 1.81 bits per heavy atom. The molecule has 2 fully saturated rings. The van der Waals surface area contributed by atoms with E-state index in [2.05, 4.69) is 19.4 Å². The zero-order chi connectivity index (χ0) is 26.3. The molecule has 12 heteroatoms. The summed E-state index contributed by atoms with van der Waals surface area (Å²) >= 11 is 0. The number of piperidine rings is 1. The maximum Gasteiger partial charge on any atom is 0.419 e. The molecule has 37 heavy (non-hydrogen) atoms. The molecule has 2 N–H and O–H groups in total. The number of hydrogen-bond acceptors (Lipinski definition) is 6. The van der Waals surface area contributed by atoms with Crippen LogP contribution in [0.4, 0.5) is 19.1 Å². The average Bonchev–Trinajstić information content (AvgIpc) is 3.56. The fourth-order valence-corrected chi connectivity index (χ4v) is 4.92. The Kier molecular flexibility index (Phi) is 6.52. The van der Waals surface area contributed by atoms with E-state index in [1.54, 1.807) is 17.0 Å². The van der Waals surface area contributed by atoms with Crippen LogP contribution in [-0.4, -0.2) is 81.5 Å². The topological polar surface area (TPSA) is 100 Å². The molecule has 2 unspecified atom stereocenters. The number of anilines is 1. The van der Waals surface area contributed by atoms with E-state index in [9.17, 15) is 22.8 Å². The molecule has 2 aliphatic rings. The van der Waals surface area contributed by atoms with Crippen molar-refractivity contribution >= 4 is 28.7 Å². The smallest absolute Gasteiger partial charge is 0.366 e. The van der Waals surface area contributed by atoms with Gasteiger partial charge in [0.15, 0.2) is 0 Å². The van der Waals surface area contributed by atoms with Gasteiger partial charge in [-0.1, -0.05) is 6.07 Å². The molecule has 2 amide bonds. The second-order valence-corrected chi connectivity index (χ2v) is 9.59. The number of aromatic nitrogens is 3. The van der Waals surface area contributed by atoms with Crippen LogP contribution in [0.15, 0.2) is 42.9 Å². The second kappa shape index (κ2) is 9.66. The number of halogens is 3. The van der Waals surface area contributed by atoms with Crippen molar-refractivity contribution in [1.29, 1.82) is 0 Å². The minimum absolute atomic E-state index is 0.0567. The van der Waals surface area contributed by atoms with Crippen molar-refractivity contribution < 1.29 is 22.8 Å². The van der Waals surface area contributed by atoms with Crippen molar-refractivity contribution in [3.8, 4) is 0 Å². The number of carbonyl (C=O) groups excluding carboxylic acids is 2. The monoisotopic (exact) mass is 515 g/mol. The maximum atomic E-state index is 13.1. The Bertz CT molecular complexity index is 1300. The average molecular weight is 516 g/mol. The highest BCUT2D eigenvalue weighted by Crippen LogP contribution is 2.29. The van der Waals surface area contributed by atoms with Crippen molar-refractivity contribution in [2.75, 3.05) is 38.1 Å². The van der Waals surface area contributed by atoms with Crippen molar-refractivity contribution in [1.82, 2.24) is 24.3 Å². The molecule has 1 aromatic carbocycles. The van der Waals surface area contributed by atoms with Crippen LogP contribution in [0.5, 0.6) is 0 Å². The zero-order valence-electron chi connectivity index (χ0n) is 20.4. The predicted molar refractivity (Wildman–Crippen MR) is 131 cm³/mol. The third-order valence-electron chi connectivity index (χ3n) is 7.29. The molecule has 2 aromatic heterocycles. The maximum absolute atomic E-state index is 13.1. The number of amides is 2. The Hall–Kier alpha value is -3.67. The van der Waals surface area contributed by atoms with Crippen LogP contribution in [0.25, 0.3) is 10.9 Å². The Morgan fingerprint density at radius 1 is 1.11 bits per heavy atom. The number of alkyl halides is 3. The number of hydrogen-bond donors (Lipinski definition) is 1. The summed E-state index contributed by atoms with van der Waals surface area (Å²) in [6.45, 7) is 3.22. The first-order chi connectivity index (χ1) is 17.6. The molecule has 0 bridgehead atoms. The molecule has 2 saturated heterocycles. The first-order valence-corrected chi connectivity index (χ1v) is 12.2. The summed E-state index contributed by atoms with van der Waals surface area (Å²) in [5, 5.41) is 1.02. The lowest BCUT2D eigenvalue weighted by Crippen LogP contribution is -2.47. The predicted octanol–water partition coefficient (Wildman–Crippen LogP) is 2.36. The number of nitrogens with two attached hydrogens (primary N) is 1. The van der Waals surface area contributed by atoms with Gasteiger partial charge in [-0.3, -0.25) is 14.5 Å². The molecule has 0 aliphatic carbocycles. The highest BCUT2D eigenvalue weighted by atomic mass is 19.4. The Labute approximate surface area is 211 Å². The van der Waals surface area contributed by atoms with Gasteiger partial charge in [-0.05, 0) is 36.4 Å². The van der Waals surface area contributed by atoms with E-state index >= 15 is 0 Å². The lowest BCUT2D eigenvalue weighted by atomic mass is 10.0. The Balaban J connectivity index is 1.11. The minimum atomic E-state index is -4.46. The van der Waals surface area contributed by atoms with E-state index in [1.165, 1.54) is 0 Å². The van der Waals surface area contributed by atoms with Gasteiger partial charge in [0.1, 0.15) is 6.04 Å². The van der Waals surface area contributed by atoms with E-state index in [1.807, 2.05) is 30.3 Å². The number of rotatable bonds is 7. The first kappa shape index (κ1) is 25.0. The molecule has 196 valence electrons. The quantitative estimate of drug-likeness (QED) is 0.485. The zero-order valence-corrected chi connectivity index (χ0v) is 20.4. The molecule has 5 rings (SSSR count). The van der Waals surface area contributed by atoms with E-state index in [0.717, 1.165) is 23.3 Å². The number of likely N-dealkylation sites (N-methyl/N-ethyl adjacent to an activating group) is 1. The van der Waals surface area contributed by atoms with Gasteiger partial charge in [0, 0.05) is 75.5 Å². The summed E-state index contributed by atoms with van der Waals surface area (Å²) < 4.78 is 40.3. The fraction of sp³-hybridized carbons (Fsp3) is 0.440. The van der Waals surface area contributed by atoms with Crippen LogP contribution in [0.3, 0.4) is 0 Å². The Morgan fingerprint density at radius 3 is 2.46 bits per heavy atom. The van der Waals surface area contributed by atoms with Crippen molar-refractivity contribution in [3.63, 3.8) is 0 Å². The lowest BCUT2D eigenvalue weighted by Gasteiger charge is -2.36. The SMILES string of the molecule is CN(C(=O)C1CN1CCn1ccc2ccc(C(N)=O)cc21)C1CCN(c2ncc(C(F)(F)F)cn2)CC1. The van der Waals surface area contributed by atoms with Crippen molar-refractivity contribution in [3.05, 3.63) is 54.0 Å². The van der Waals surface area contributed by atoms with E-state index in [4.69, 9.17) is 5.73 Å². The molecule has 2 atom stereocenters. The van der Waals surface area contributed by atoms with Gasteiger partial charge < -0.3 is 20.1 Å². The fourth-order valence-electron chi connectivity index (χ4n) is 4.92. The van der Waals surface area contributed by atoms with E-state index in [0.29, 0.717) is 51.1 Å². The summed E-state index contributed by atoms with van der Waals surface area (Å²) in [6, 6.07) is 7.27. The molecule has 3 aromatic rings. The summed E-state index contributed by atoms with van der Waals surface area (Å²) in [6.07, 6.45) is 0.497. The van der Waals surface area contributed by atoms with Crippen LogP contribution >= 0.6 is 0 Å². The van der Waals surface area contributed by atoms with Gasteiger partial charge in [0.05, 0.1) is 5.56 Å². The first-order valence-electron chi connectivity index (χ1n) is 12.2. The number of benzene rings is 1. The minimum Gasteiger partial charge on any atom is -0.366 e. The van der Waals surface area contributed by atoms with Crippen LogP contribution in [-0.2, 0) is 17.5 Å². The van der Waals surface area contributed by atoms with Crippen LogP contribution in [0.1, 0.15) is 28.8 Å². The summed E-state index contributed by atoms with van der Waals surface area (Å²) in [4.78, 5) is 38.1. The largest absolute Gasteiger partial charge is 0.419 e. The summed E-state index contributed by atoms with van der Waals surface area (Å²) in [7, 11) is 1.82.